The molecule has 0 unspecified atom stereocenters. The molecule has 0 radical (unpaired) electrons. The van der Waals surface area contributed by atoms with Crippen molar-refractivity contribution in [2.24, 2.45) is 0 Å². The van der Waals surface area contributed by atoms with E-state index < -0.39 is 29.1 Å². The summed E-state index contributed by atoms with van der Waals surface area (Å²) >= 11 is 0. The molecule has 1 aliphatic heterocycles. The van der Waals surface area contributed by atoms with Crippen LogP contribution < -0.4 is 5.11 Å². The van der Waals surface area contributed by atoms with Crippen molar-refractivity contribution in [2.45, 2.75) is 57.7 Å². The lowest BCUT2D eigenvalue weighted by molar-refractivity contribution is -0.257. The summed E-state index contributed by atoms with van der Waals surface area (Å²) in [6, 6.07) is 5.83. The zero-order chi connectivity index (χ0) is 17.4. The van der Waals surface area contributed by atoms with Gasteiger partial charge in [-0.05, 0) is 33.8 Å². The maximum atomic E-state index is 12.4. The Bertz CT molecular complexity index is 605. The molecule has 23 heavy (non-hydrogen) atoms. The maximum absolute atomic E-state index is 12.4. The fourth-order valence-corrected chi connectivity index (χ4v) is 3.32. The Labute approximate surface area is 135 Å². The van der Waals surface area contributed by atoms with Crippen LogP contribution in [-0.2, 0) is 4.74 Å². The molecule has 1 fully saturated rings. The molecule has 0 atom stereocenters. The molecular formula is C17H22NO5-. The zero-order valence-electron chi connectivity index (χ0n) is 13.8. The van der Waals surface area contributed by atoms with E-state index in [9.17, 15) is 19.9 Å². The number of carbonyl (C=O) groups excluding carboxylic acids is 2. The average molecular weight is 320 g/mol. The van der Waals surface area contributed by atoms with Gasteiger partial charge in [-0.2, -0.15) is 5.06 Å². The SMILES string of the molecule is CC1(C)CC(OC(=O)c2ccccc2C(=O)[O-])CC(C)(C)N1O. The maximum Gasteiger partial charge on any atom is 0.339 e. The fraction of sp³-hybridized carbons (Fsp3) is 0.529. The Kier molecular flexibility index (Phi) is 4.50. The molecule has 0 saturated carbocycles. The number of carboxylic acids is 1. The Morgan fingerprint density at radius 2 is 1.61 bits per heavy atom. The van der Waals surface area contributed by atoms with E-state index in [1.807, 2.05) is 27.7 Å². The van der Waals surface area contributed by atoms with Gasteiger partial charge in [0.05, 0.1) is 11.5 Å². The zero-order valence-corrected chi connectivity index (χ0v) is 13.8. The van der Waals surface area contributed by atoms with E-state index in [2.05, 4.69) is 0 Å². The molecule has 1 N–H and O–H groups in total. The molecule has 6 nitrogen and oxygen atoms in total. The molecular weight excluding hydrogens is 298 g/mol. The highest BCUT2D eigenvalue weighted by molar-refractivity contribution is 6.01. The van der Waals surface area contributed by atoms with Gasteiger partial charge in [0.15, 0.2) is 0 Å². The van der Waals surface area contributed by atoms with E-state index in [1.54, 1.807) is 6.07 Å². The largest absolute Gasteiger partial charge is 0.545 e. The van der Waals surface area contributed by atoms with E-state index in [1.165, 1.54) is 23.3 Å². The second-order valence-electron chi connectivity index (χ2n) is 7.21. The number of aromatic carboxylic acids is 1. The van der Waals surface area contributed by atoms with E-state index in [-0.39, 0.29) is 11.1 Å². The highest BCUT2D eigenvalue weighted by Crippen LogP contribution is 2.38. The van der Waals surface area contributed by atoms with Crippen LogP contribution in [0.5, 0.6) is 0 Å². The highest BCUT2D eigenvalue weighted by atomic mass is 16.5. The minimum atomic E-state index is -1.41. The lowest BCUT2D eigenvalue weighted by Gasteiger charge is -2.50. The number of piperidine rings is 1. The molecule has 0 amide bonds. The second-order valence-corrected chi connectivity index (χ2v) is 7.21. The first-order valence-electron chi connectivity index (χ1n) is 7.55. The van der Waals surface area contributed by atoms with Crippen LogP contribution in [0.3, 0.4) is 0 Å². The molecule has 1 saturated heterocycles. The minimum absolute atomic E-state index is 0.0189. The molecule has 6 heteroatoms. The first-order valence-corrected chi connectivity index (χ1v) is 7.55. The molecule has 126 valence electrons. The molecule has 1 aromatic rings. The molecule has 0 aliphatic carbocycles. The Balaban J connectivity index is 2.20. The minimum Gasteiger partial charge on any atom is -0.545 e. The predicted octanol–water partition coefficient (Wildman–Crippen LogP) is 1.62. The highest BCUT2D eigenvalue weighted by Gasteiger charge is 2.46. The third kappa shape index (κ3) is 3.54. The molecule has 1 heterocycles. The van der Waals surface area contributed by atoms with Crippen molar-refractivity contribution in [2.75, 3.05) is 0 Å². The lowest BCUT2D eigenvalue weighted by atomic mass is 9.80. The van der Waals surface area contributed by atoms with E-state index in [0.29, 0.717) is 12.8 Å². The van der Waals surface area contributed by atoms with Gasteiger partial charge in [0.1, 0.15) is 6.10 Å². The van der Waals surface area contributed by atoms with Crippen LogP contribution in [-0.4, -0.2) is 39.4 Å². The van der Waals surface area contributed by atoms with Gasteiger partial charge in [-0.1, -0.05) is 18.2 Å². The summed E-state index contributed by atoms with van der Waals surface area (Å²) in [4.78, 5) is 23.5. The van der Waals surface area contributed by atoms with Crippen LogP contribution in [0.4, 0.5) is 0 Å². The van der Waals surface area contributed by atoms with Gasteiger partial charge >= 0.3 is 5.97 Å². The van der Waals surface area contributed by atoms with Crippen molar-refractivity contribution >= 4 is 11.9 Å². The number of benzene rings is 1. The van der Waals surface area contributed by atoms with E-state index in [4.69, 9.17) is 4.74 Å². The molecule has 0 bridgehead atoms. The number of nitrogens with zero attached hydrogens (tertiary/aromatic N) is 1. The topological polar surface area (TPSA) is 89.9 Å². The first-order chi connectivity index (χ1) is 10.5. The molecule has 0 spiro atoms. The van der Waals surface area contributed by atoms with Crippen LogP contribution in [0.25, 0.3) is 0 Å². The van der Waals surface area contributed by atoms with Crippen LogP contribution in [0.15, 0.2) is 24.3 Å². The normalized spacial score (nSPS) is 20.9. The molecule has 0 aromatic heterocycles. The summed E-state index contributed by atoms with van der Waals surface area (Å²) < 4.78 is 5.52. The standard InChI is InChI=1S/C17H23NO5/c1-16(2)9-11(10-17(3,4)18(16)22)23-15(21)13-8-6-5-7-12(13)14(19)20/h5-8,11,22H,9-10H2,1-4H3,(H,19,20)/p-1. The number of hydrogen-bond donors (Lipinski definition) is 1. The predicted molar refractivity (Wildman–Crippen MR) is 81.0 cm³/mol. The number of carbonyl (C=O) groups is 2. The summed E-state index contributed by atoms with van der Waals surface area (Å²) in [5, 5.41) is 22.7. The fourth-order valence-electron chi connectivity index (χ4n) is 3.32. The molecule has 2 rings (SSSR count). The van der Waals surface area contributed by atoms with Gasteiger partial charge in [0.2, 0.25) is 0 Å². The monoisotopic (exact) mass is 320 g/mol. The van der Waals surface area contributed by atoms with Gasteiger partial charge in [-0.3, -0.25) is 0 Å². The Morgan fingerprint density at radius 1 is 1.13 bits per heavy atom. The number of carboxylic acid groups (broad SMARTS) is 1. The summed E-state index contributed by atoms with van der Waals surface area (Å²) in [7, 11) is 0. The van der Waals surface area contributed by atoms with Crippen molar-refractivity contribution < 1.29 is 24.6 Å². The van der Waals surface area contributed by atoms with Crippen LogP contribution in [0, 0.1) is 0 Å². The van der Waals surface area contributed by atoms with Gasteiger partial charge in [0, 0.05) is 29.5 Å². The van der Waals surface area contributed by atoms with Crippen LogP contribution >= 0.6 is 0 Å². The Morgan fingerprint density at radius 3 is 2.09 bits per heavy atom. The summed E-state index contributed by atoms with van der Waals surface area (Å²) in [6.45, 7) is 7.46. The lowest BCUT2D eigenvalue weighted by Crippen LogP contribution is -2.60. The average Bonchev–Trinajstić information content (AvgIpc) is 2.44. The van der Waals surface area contributed by atoms with Crippen molar-refractivity contribution in [1.29, 1.82) is 0 Å². The third-order valence-electron chi connectivity index (χ3n) is 4.24. The molecule has 1 aromatic carbocycles. The summed E-state index contributed by atoms with van der Waals surface area (Å²) in [6.07, 6.45) is 0.490. The number of rotatable bonds is 3. The van der Waals surface area contributed by atoms with E-state index >= 15 is 0 Å². The van der Waals surface area contributed by atoms with Crippen molar-refractivity contribution in [3.8, 4) is 0 Å². The second kappa shape index (κ2) is 5.94. The van der Waals surface area contributed by atoms with Crippen molar-refractivity contribution in [3.05, 3.63) is 35.4 Å². The number of esters is 1. The Hall–Kier alpha value is -1.92. The number of hydroxylamine groups is 2. The molecule has 1 aliphatic rings. The van der Waals surface area contributed by atoms with Crippen LogP contribution in [0.1, 0.15) is 61.3 Å². The summed E-state index contributed by atoms with van der Waals surface area (Å²) in [5.41, 5.74) is -1.31. The third-order valence-corrected chi connectivity index (χ3v) is 4.24. The smallest absolute Gasteiger partial charge is 0.339 e. The van der Waals surface area contributed by atoms with Crippen molar-refractivity contribution in [1.82, 2.24) is 5.06 Å². The summed E-state index contributed by atoms with van der Waals surface area (Å²) in [5.74, 6) is -2.10. The van der Waals surface area contributed by atoms with Gasteiger partial charge < -0.3 is 19.8 Å². The van der Waals surface area contributed by atoms with Crippen molar-refractivity contribution in [3.63, 3.8) is 0 Å². The van der Waals surface area contributed by atoms with Crippen LogP contribution in [0.2, 0.25) is 0 Å². The van der Waals surface area contributed by atoms with Gasteiger partial charge in [-0.25, -0.2) is 4.79 Å². The number of ether oxygens (including phenoxy) is 1. The van der Waals surface area contributed by atoms with Gasteiger partial charge in [0.25, 0.3) is 0 Å². The van der Waals surface area contributed by atoms with E-state index in [0.717, 1.165) is 0 Å². The quantitative estimate of drug-likeness (QED) is 0.851. The number of hydrogen-bond acceptors (Lipinski definition) is 6. The first kappa shape index (κ1) is 17.4. The van der Waals surface area contributed by atoms with Gasteiger partial charge in [-0.15, -0.1) is 0 Å².